The van der Waals surface area contributed by atoms with Crippen molar-refractivity contribution in [3.63, 3.8) is 0 Å². The first-order valence-corrected chi connectivity index (χ1v) is 6.71. The smallest absolute Gasteiger partial charge is 0.262 e. The molecule has 0 unspecified atom stereocenters. The van der Waals surface area contributed by atoms with Crippen molar-refractivity contribution in [2.45, 2.75) is 6.92 Å². The number of hydrogen-bond acceptors (Lipinski definition) is 6. The molecule has 21 heavy (non-hydrogen) atoms. The Bertz CT molecular complexity index is 791. The molecule has 106 valence electrons. The zero-order valence-corrected chi connectivity index (χ0v) is 11.4. The topological polar surface area (TPSA) is 73.3 Å². The molecule has 4 rings (SSSR count). The van der Waals surface area contributed by atoms with Crippen LogP contribution in [-0.4, -0.2) is 23.3 Å². The minimum absolute atomic E-state index is 0.418. The van der Waals surface area contributed by atoms with E-state index in [1.54, 1.807) is 6.26 Å². The maximum absolute atomic E-state index is 5.72. The molecule has 3 heterocycles. The van der Waals surface area contributed by atoms with Crippen molar-refractivity contribution in [3.8, 4) is 28.8 Å². The SMILES string of the molecule is Cc1ccoc1-c1noc(-c2cccc3c2OCCN3)n1. The lowest BCUT2D eigenvalue weighted by Crippen LogP contribution is -2.18. The van der Waals surface area contributed by atoms with Crippen LogP contribution in [0.5, 0.6) is 5.75 Å². The molecule has 3 aromatic rings. The third kappa shape index (κ3) is 1.96. The Labute approximate surface area is 120 Å². The second-order valence-electron chi connectivity index (χ2n) is 4.81. The van der Waals surface area contributed by atoms with Crippen molar-refractivity contribution in [1.29, 1.82) is 0 Å². The van der Waals surface area contributed by atoms with E-state index in [1.807, 2.05) is 31.2 Å². The summed E-state index contributed by atoms with van der Waals surface area (Å²) in [6, 6.07) is 7.66. The van der Waals surface area contributed by atoms with Gasteiger partial charge in [0.2, 0.25) is 5.82 Å². The minimum Gasteiger partial charge on any atom is -0.489 e. The summed E-state index contributed by atoms with van der Waals surface area (Å²) in [5, 5.41) is 7.27. The number of para-hydroxylation sites is 1. The number of hydrogen-bond donors (Lipinski definition) is 1. The van der Waals surface area contributed by atoms with Gasteiger partial charge in [-0.25, -0.2) is 0 Å². The van der Waals surface area contributed by atoms with Gasteiger partial charge in [-0.3, -0.25) is 0 Å². The Morgan fingerprint density at radius 2 is 2.19 bits per heavy atom. The van der Waals surface area contributed by atoms with E-state index in [0.29, 0.717) is 24.1 Å². The quantitative estimate of drug-likeness (QED) is 0.779. The van der Waals surface area contributed by atoms with E-state index in [2.05, 4.69) is 15.5 Å². The Morgan fingerprint density at radius 3 is 3.05 bits per heavy atom. The number of aryl methyl sites for hydroxylation is 1. The van der Waals surface area contributed by atoms with Crippen LogP contribution in [0.25, 0.3) is 23.0 Å². The van der Waals surface area contributed by atoms with E-state index < -0.39 is 0 Å². The standard InChI is InChI=1S/C15H13N3O3/c1-9-5-7-19-12(9)14-17-15(21-18-14)10-3-2-4-11-13(10)20-8-6-16-11/h2-5,7,16H,6,8H2,1H3. The molecule has 0 spiro atoms. The zero-order chi connectivity index (χ0) is 14.2. The van der Waals surface area contributed by atoms with Gasteiger partial charge in [0.05, 0.1) is 17.5 Å². The third-order valence-corrected chi connectivity index (χ3v) is 3.40. The lowest BCUT2D eigenvalue weighted by Gasteiger charge is -2.20. The monoisotopic (exact) mass is 283 g/mol. The second kappa shape index (κ2) is 4.66. The molecule has 1 aliphatic rings. The summed E-state index contributed by atoms with van der Waals surface area (Å²) in [6.07, 6.45) is 1.61. The molecular formula is C15H13N3O3. The normalized spacial score (nSPS) is 13.4. The summed E-state index contributed by atoms with van der Waals surface area (Å²) >= 11 is 0. The fourth-order valence-corrected chi connectivity index (χ4v) is 2.37. The van der Waals surface area contributed by atoms with Crippen LogP contribution in [0, 0.1) is 6.92 Å². The number of anilines is 1. The van der Waals surface area contributed by atoms with Crippen molar-refractivity contribution in [2.75, 3.05) is 18.5 Å². The van der Waals surface area contributed by atoms with Crippen LogP contribution in [0.1, 0.15) is 5.56 Å². The molecule has 0 saturated heterocycles. The fourth-order valence-electron chi connectivity index (χ4n) is 2.37. The predicted molar refractivity (Wildman–Crippen MR) is 76.2 cm³/mol. The van der Waals surface area contributed by atoms with Crippen LogP contribution in [0.4, 0.5) is 5.69 Å². The van der Waals surface area contributed by atoms with Gasteiger partial charge in [-0.1, -0.05) is 11.2 Å². The van der Waals surface area contributed by atoms with Crippen LogP contribution in [0.15, 0.2) is 39.5 Å². The Morgan fingerprint density at radius 1 is 1.24 bits per heavy atom. The zero-order valence-electron chi connectivity index (χ0n) is 11.4. The van der Waals surface area contributed by atoms with Crippen molar-refractivity contribution in [1.82, 2.24) is 10.1 Å². The molecule has 2 aromatic heterocycles. The van der Waals surface area contributed by atoms with Crippen LogP contribution >= 0.6 is 0 Å². The van der Waals surface area contributed by atoms with Crippen LogP contribution in [0.2, 0.25) is 0 Å². The van der Waals surface area contributed by atoms with E-state index in [9.17, 15) is 0 Å². The van der Waals surface area contributed by atoms with Gasteiger partial charge in [0, 0.05) is 6.54 Å². The van der Waals surface area contributed by atoms with E-state index in [-0.39, 0.29) is 0 Å². The molecule has 6 heteroatoms. The largest absolute Gasteiger partial charge is 0.489 e. The van der Waals surface area contributed by atoms with E-state index in [1.165, 1.54) is 0 Å². The molecule has 0 atom stereocenters. The number of furan rings is 1. The van der Waals surface area contributed by atoms with Crippen molar-refractivity contribution >= 4 is 5.69 Å². The maximum atomic E-state index is 5.72. The highest BCUT2D eigenvalue weighted by Crippen LogP contribution is 2.38. The first-order chi connectivity index (χ1) is 10.3. The van der Waals surface area contributed by atoms with Gasteiger partial charge in [-0.05, 0) is 30.7 Å². The first-order valence-electron chi connectivity index (χ1n) is 6.71. The van der Waals surface area contributed by atoms with Crippen LogP contribution < -0.4 is 10.1 Å². The maximum Gasteiger partial charge on any atom is 0.262 e. The highest BCUT2D eigenvalue weighted by Gasteiger charge is 2.21. The summed E-state index contributed by atoms with van der Waals surface area (Å²) in [5.74, 6) is 2.22. The minimum atomic E-state index is 0.418. The number of aromatic nitrogens is 2. The Hall–Kier alpha value is -2.76. The lowest BCUT2D eigenvalue weighted by atomic mass is 10.1. The van der Waals surface area contributed by atoms with Crippen LogP contribution in [-0.2, 0) is 0 Å². The lowest BCUT2D eigenvalue weighted by molar-refractivity contribution is 0.322. The predicted octanol–water partition coefficient (Wildman–Crippen LogP) is 3.11. The summed E-state index contributed by atoms with van der Waals surface area (Å²) in [5.41, 5.74) is 2.69. The average Bonchev–Trinajstić information content (AvgIpc) is 3.15. The van der Waals surface area contributed by atoms with Gasteiger partial charge >= 0.3 is 0 Å². The van der Waals surface area contributed by atoms with Crippen molar-refractivity contribution in [2.24, 2.45) is 0 Å². The summed E-state index contributed by atoms with van der Waals surface area (Å²) < 4.78 is 16.5. The molecule has 1 N–H and O–H groups in total. The molecule has 0 saturated carbocycles. The Kier molecular flexibility index (Phi) is 2.67. The number of benzene rings is 1. The number of ether oxygens (including phenoxy) is 1. The average molecular weight is 283 g/mol. The number of nitrogens with zero attached hydrogens (tertiary/aromatic N) is 2. The summed E-state index contributed by atoms with van der Waals surface area (Å²) in [4.78, 5) is 4.41. The van der Waals surface area contributed by atoms with E-state index in [4.69, 9.17) is 13.7 Å². The molecular weight excluding hydrogens is 270 g/mol. The third-order valence-electron chi connectivity index (χ3n) is 3.40. The number of nitrogens with one attached hydrogen (secondary N) is 1. The molecule has 0 bridgehead atoms. The van der Waals surface area contributed by atoms with E-state index in [0.717, 1.165) is 29.1 Å². The van der Waals surface area contributed by atoms with Gasteiger partial charge in [-0.15, -0.1) is 0 Å². The number of fused-ring (bicyclic) bond motifs is 1. The molecule has 0 amide bonds. The summed E-state index contributed by atoms with van der Waals surface area (Å²) in [6.45, 7) is 3.34. The molecule has 0 radical (unpaired) electrons. The molecule has 1 aliphatic heterocycles. The Balaban J connectivity index is 1.78. The van der Waals surface area contributed by atoms with Gasteiger partial charge < -0.3 is 19.0 Å². The highest BCUT2D eigenvalue weighted by molar-refractivity contribution is 5.75. The first kappa shape index (κ1) is 12.0. The van der Waals surface area contributed by atoms with Gasteiger partial charge in [-0.2, -0.15) is 4.98 Å². The number of rotatable bonds is 2. The molecule has 0 fully saturated rings. The highest BCUT2D eigenvalue weighted by atomic mass is 16.5. The van der Waals surface area contributed by atoms with Crippen molar-refractivity contribution < 1.29 is 13.7 Å². The van der Waals surface area contributed by atoms with E-state index >= 15 is 0 Å². The van der Waals surface area contributed by atoms with Gasteiger partial charge in [0.25, 0.3) is 5.89 Å². The molecule has 6 nitrogen and oxygen atoms in total. The second-order valence-corrected chi connectivity index (χ2v) is 4.81. The van der Waals surface area contributed by atoms with Gasteiger partial charge in [0.15, 0.2) is 11.5 Å². The molecule has 1 aromatic carbocycles. The summed E-state index contributed by atoms with van der Waals surface area (Å²) in [7, 11) is 0. The molecule has 0 aliphatic carbocycles. The van der Waals surface area contributed by atoms with Gasteiger partial charge in [0.1, 0.15) is 6.61 Å². The van der Waals surface area contributed by atoms with Crippen molar-refractivity contribution in [3.05, 3.63) is 36.1 Å². The fraction of sp³-hybridized carbons (Fsp3) is 0.200. The van der Waals surface area contributed by atoms with Crippen LogP contribution in [0.3, 0.4) is 0 Å².